The number of benzene rings is 1. The summed E-state index contributed by atoms with van der Waals surface area (Å²) in [7, 11) is 0. The lowest BCUT2D eigenvalue weighted by Crippen LogP contribution is -1.96. The lowest BCUT2D eigenvalue weighted by atomic mass is 10.3. The number of ether oxygens (including phenoxy) is 1. The van der Waals surface area contributed by atoms with E-state index in [-0.39, 0.29) is 11.7 Å². The van der Waals surface area contributed by atoms with Gasteiger partial charge in [-0.2, -0.15) is 4.98 Å². The fraction of sp³-hybridized carbons (Fsp3) is 0.154. The zero-order chi connectivity index (χ0) is 14.8. The molecule has 2 heterocycles. The van der Waals surface area contributed by atoms with E-state index in [1.165, 1.54) is 11.3 Å². The Kier molecular flexibility index (Phi) is 3.44. The molecular formula is C13H11N3O4S. The van der Waals surface area contributed by atoms with Gasteiger partial charge in [-0.05, 0) is 25.1 Å². The zero-order valence-corrected chi connectivity index (χ0v) is 11.8. The summed E-state index contributed by atoms with van der Waals surface area (Å²) in [6, 6.07) is 5.71. The van der Waals surface area contributed by atoms with Crippen LogP contribution in [0.25, 0.3) is 10.2 Å². The van der Waals surface area contributed by atoms with Crippen LogP contribution in [0.15, 0.2) is 28.9 Å². The summed E-state index contributed by atoms with van der Waals surface area (Å²) in [6.45, 7) is 2.52. The van der Waals surface area contributed by atoms with Crippen molar-refractivity contribution in [3.63, 3.8) is 0 Å². The smallest absolute Gasteiger partial charge is 0.357 e. The van der Waals surface area contributed by atoms with Crippen LogP contribution >= 0.6 is 11.3 Å². The highest BCUT2D eigenvalue weighted by molar-refractivity contribution is 7.22. The van der Waals surface area contributed by atoms with Gasteiger partial charge in [-0.25, -0.2) is 9.78 Å². The molecular weight excluding hydrogens is 294 g/mol. The van der Waals surface area contributed by atoms with Crippen molar-refractivity contribution in [2.75, 3.05) is 11.9 Å². The van der Waals surface area contributed by atoms with Crippen LogP contribution in [0.5, 0.6) is 5.75 Å². The lowest BCUT2D eigenvalue weighted by Gasteiger charge is -2.00. The van der Waals surface area contributed by atoms with Gasteiger partial charge < -0.3 is 14.3 Å². The normalized spacial score (nSPS) is 10.7. The second-order valence-electron chi connectivity index (χ2n) is 4.05. The third-order valence-electron chi connectivity index (χ3n) is 2.61. The molecule has 0 saturated carbocycles. The monoisotopic (exact) mass is 305 g/mol. The first-order valence-corrected chi connectivity index (χ1v) is 6.96. The van der Waals surface area contributed by atoms with Gasteiger partial charge in [-0.3, -0.25) is 5.32 Å². The number of rotatable bonds is 5. The molecule has 0 atom stereocenters. The Morgan fingerprint density at radius 2 is 2.33 bits per heavy atom. The molecule has 0 aliphatic heterocycles. The van der Waals surface area contributed by atoms with E-state index in [1.807, 2.05) is 25.1 Å². The van der Waals surface area contributed by atoms with Crippen LogP contribution < -0.4 is 10.1 Å². The van der Waals surface area contributed by atoms with Gasteiger partial charge in [0.05, 0.1) is 16.8 Å². The summed E-state index contributed by atoms with van der Waals surface area (Å²) in [5, 5.41) is 12.2. The summed E-state index contributed by atoms with van der Waals surface area (Å²) >= 11 is 1.40. The Labute approximate surface area is 123 Å². The van der Waals surface area contributed by atoms with Gasteiger partial charge in [0.1, 0.15) is 12.0 Å². The van der Waals surface area contributed by atoms with E-state index in [0.29, 0.717) is 11.7 Å². The van der Waals surface area contributed by atoms with E-state index < -0.39 is 5.97 Å². The highest BCUT2D eigenvalue weighted by atomic mass is 32.1. The van der Waals surface area contributed by atoms with E-state index in [9.17, 15) is 4.79 Å². The number of carbonyl (C=O) groups is 1. The number of oxazole rings is 1. The third-order valence-corrected chi connectivity index (χ3v) is 3.54. The highest BCUT2D eigenvalue weighted by Crippen LogP contribution is 2.30. The Balaban J connectivity index is 1.84. The number of aromatic carboxylic acids is 1. The minimum atomic E-state index is -1.14. The first kappa shape index (κ1) is 13.4. The van der Waals surface area contributed by atoms with Crippen molar-refractivity contribution >= 4 is 38.7 Å². The fourth-order valence-electron chi connectivity index (χ4n) is 1.74. The molecule has 108 valence electrons. The number of thiazole rings is 1. The number of fused-ring (bicyclic) bond motifs is 1. The van der Waals surface area contributed by atoms with Crippen LogP contribution in [0.2, 0.25) is 0 Å². The largest absolute Gasteiger partial charge is 0.494 e. The standard InChI is InChI=1S/C13H11N3O4S/c1-2-19-7-3-4-8-10(5-7)21-13(15-8)16-12-14-9(6-20-12)11(17)18/h3-6H,2H2,1H3,(H,17,18)(H,14,15,16). The van der Waals surface area contributed by atoms with E-state index in [1.54, 1.807) is 0 Å². The third kappa shape index (κ3) is 2.79. The van der Waals surface area contributed by atoms with Crippen molar-refractivity contribution in [3.8, 4) is 5.75 Å². The summed E-state index contributed by atoms with van der Waals surface area (Å²) in [5.41, 5.74) is 0.660. The van der Waals surface area contributed by atoms with Gasteiger partial charge in [0.25, 0.3) is 0 Å². The van der Waals surface area contributed by atoms with Crippen molar-refractivity contribution in [1.82, 2.24) is 9.97 Å². The number of hydrogen-bond donors (Lipinski definition) is 2. The Hall–Kier alpha value is -2.61. The maximum atomic E-state index is 10.7. The maximum absolute atomic E-state index is 10.7. The average Bonchev–Trinajstić information content (AvgIpc) is 3.05. The topological polar surface area (TPSA) is 97.5 Å². The molecule has 7 nitrogen and oxygen atoms in total. The van der Waals surface area contributed by atoms with Gasteiger partial charge in [-0.15, -0.1) is 0 Å². The molecule has 2 aromatic heterocycles. The first-order valence-electron chi connectivity index (χ1n) is 6.15. The number of anilines is 2. The van der Waals surface area contributed by atoms with E-state index in [0.717, 1.165) is 22.2 Å². The molecule has 0 unspecified atom stereocenters. The van der Waals surface area contributed by atoms with E-state index in [4.69, 9.17) is 14.3 Å². The van der Waals surface area contributed by atoms with E-state index in [2.05, 4.69) is 15.3 Å². The Bertz CT molecular complexity index is 796. The molecule has 0 aliphatic rings. The quantitative estimate of drug-likeness (QED) is 0.747. The summed E-state index contributed by atoms with van der Waals surface area (Å²) in [5.74, 6) is -0.359. The van der Waals surface area contributed by atoms with E-state index >= 15 is 0 Å². The molecule has 0 saturated heterocycles. The molecule has 8 heteroatoms. The summed E-state index contributed by atoms with van der Waals surface area (Å²) in [6.07, 6.45) is 1.07. The van der Waals surface area contributed by atoms with Crippen LogP contribution in [0.3, 0.4) is 0 Å². The molecule has 2 N–H and O–H groups in total. The van der Waals surface area contributed by atoms with Crippen LogP contribution in [-0.4, -0.2) is 27.7 Å². The number of carboxylic acid groups (broad SMARTS) is 1. The van der Waals surface area contributed by atoms with Gasteiger partial charge >= 0.3 is 12.0 Å². The number of nitrogens with one attached hydrogen (secondary N) is 1. The molecule has 0 fully saturated rings. The van der Waals surface area contributed by atoms with Gasteiger partial charge in [0, 0.05) is 0 Å². The van der Waals surface area contributed by atoms with Crippen molar-refractivity contribution < 1.29 is 19.1 Å². The minimum absolute atomic E-state index is 0.0940. The fourth-order valence-corrected chi connectivity index (χ4v) is 2.62. The average molecular weight is 305 g/mol. The highest BCUT2D eigenvalue weighted by Gasteiger charge is 2.12. The summed E-state index contributed by atoms with van der Waals surface area (Å²) < 4.78 is 11.4. The molecule has 0 radical (unpaired) electrons. The minimum Gasteiger partial charge on any atom is -0.494 e. The molecule has 1 aromatic carbocycles. The van der Waals surface area contributed by atoms with Crippen LogP contribution in [-0.2, 0) is 0 Å². The molecule has 21 heavy (non-hydrogen) atoms. The zero-order valence-electron chi connectivity index (χ0n) is 11.0. The van der Waals surface area contributed by atoms with Gasteiger partial charge in [0.2, 0.25) is 0 Å². The van der Waals surface area contributed by atoms with Crippen LogP contribution in [0.1, 0.15) is 17.4 Å². The van der Waals surface area contributed by atoms with Gasteiger partial charge in [-0.1, -0.05) is 11.3 Å². The first-order chi connectivity index (χ1) is 10.2. The van der Waals surface area contributed by atoms with Crippen molar-refractivity contribution in [3.05, 3.63) is 30.2 Å². The Morgan fingerprint density at radius 1 is 1.48 bits per heavy atom. The lowest BCUT2D eigenvalue weighted by molar-refractivity contribution is 0.0690. The second-order valence-corrected chi connectivity index (χ2v) is 5.08. The Morgan fingerprint density at radius 3 is 3.05 bits per heavy atom. The van der Waals surface area contributed by atoms with Crippen molar-refractivity contribution in [2.45, 2.75) is 6.92 Å². The number of aromatic nitrogens is 2. The van der Waals surface area contributed by atoms with Gasteiger partial charge in [0.15, 0.2) is 10.8 Å². The number of hydrogen-bond acceptors (Lipinski definition) is 7. The molecule has 0 amide bonds. The van der Waals surface area contributed by atoms with Crippen molar-refractivity contribution in [2.24, 2.45) is 0 Å². The number of nitrogens with zero attached hydrogens (tertiary/aromatic N) is 2. The molecule has 3 rings (SSSR count). The predicted molar refractivity (Wildman–Crippen MR) is 77.5 cm³/mol. The predicted octanol–water partition coefficient (Wildman–Crippen LogP) is 3.12. The van der Waals surface area contributed by atoms with Crippen LogP contribution in [0.4, 0.5) is 11.1 Å². The molecule has 3 aromatic rings. The molecule has 0 spiro atoms. The summed E-state index contributed by atoms with van der Waals surface area (Å²) in [4.78, 5) is 18.9. The maximum Gasteiger partial charge on any atom is 0.357 e. The molecule has 0 bridgehead atoms. The van der Waals surface area contributed by atoms with Crippen molar-refractivity contribution in [1.29, 1.82) is 0 Å². The molecule has 0 aliphatic carbocycles. The SMILES string of the molecule is CCOc1ccc2nc(Nc3nc(C(=O)O)co3)sc2c1. The second kappa shape index (κ2) is 5.41. The van der Waals surface area contributed by atoms with Crippen LogP contribution in [0, 0.1) is 0 Å². The number of carboxylic acids is 1.